The van der Waals surface area contributed by atoms with Crippen LogP contribution in [0.2, 0.25) is 0 Å². The van der Waals surface area contributed by atoms with Gasteiger partial charge in [0.2, 0.25) is 9.84 Å². The molecule has 4 heteroatoms. The lowest BCUT2D eigenvalue weighted by Gasteiger charge is -2.06. The monoisotopic (exact) mass is 198 g/mol. The second kappa shape index (κ2) is 2.56. The lowest BCUT2D eigenvalue weighted by molar-refractivity contribution is 0.384. The minimum absolute atomic E-state index is 0.296. The summed E-state index contributed by atoms with van der Waals surface area (Å²) < 4.78 is 28.5. The molecule has 0 amide bonds. The molecule has 13 heavy (non-hydrogen) atoms. The Bertz CT molecular complexity index is 404. The van der Waals surface area contributed by atoms with E-state index in [0.29, 0.717) is 11.5 Å². The molecule has 0 unspecified atom stereocenters. The first-order chi connectivity index (χ1) is 6.06. The van der Waals surface area contributed by atoms with Crippen LogP contribution in [0.1, 0.15) is 6.92 Å². The quantitative estimate of drug-likeness (QED) is 0.671. The van der Waals surface area contributed by atoms with Crippen LogP contribution in [0.25, 0.3) is 0 Å². The van der Waals surface area contributed by atoms with Gasteiger partial charge in [0.1, 0.15) is 0 Å². The van der Waals surface area contributed by atoms with Crippen molar-refractivity contribution >= 4 is 9.84 Å². The third-order valence-corrected chi connectivity index (χ3v) is 4.44. The molecule has 1 fully saturated rings. The molecule has 1 aromatic carbocycles. The minimum Gasteiger partial charge on any atom is -0.352 e. The highest BCUT2D eigenvalue weighted by atomic mass is 32.2. The number of epoxide rings is 1. The van der Waals surface area contributed by atoms with E-state index in [4.69, 9.17) is 4.74 Å². The van der Waals surface area contributed by atoms with E-state index in [2.05, 4.69) is 0 Å². The van der Waals surface area contributed by atoms with E-state index in [1.165, 1.54) is 0 Å². The van der Waals surface area contributed by atoms with Crippen molar-refractivity contribution in [1.82, 2.24) is 0 Å². The zero-order valence-corrected chi connectivity index (χ0v) is 8.04. The fourth-order valence-corrected chi connectivity index (χ4v) is 2.49. The molecule has 0 aromatic heterocycles. The molecule has 0 saturated carbocycles. The molecule has 1 aromatic rings. The average Bonchev–Trinajstić information content (AvgIpc) is 2.87. The lowest BCUT2D eigenvalue weighted by Crippen LogP contribution is -2.20. The summed E-state index contributed by atoms with van der Waals surface area (Å²) in [6.45, 7) is 1.89. The Morgan fingerprint density at radius 2 is 1.85 bits per heavy atom. The van der Waals surface area contributed by atoms with E-state index in [0.717, 1.165) is 0 Å². The van der Waals surface area contributed by atoms with Crippen LogP contribution in [0.15, 0.2) is 35.2 Å². The molecule has 0 aliphatic carbocycles. The first kappa shape index (κ1) is 8.72. The zero-order valence-electron chi connectivity index (χ0n) is 7.23. The molecule has 2 rings (SSSR count). The van der Waals surface area contributed by atoms with Gasteiger partial charge in [-0.05, 0) is 19.1 Å². The van der Waals surface area contributed by atoms with Crippen molar-refractivity contribution in [2.45, 2.75) is 16.8 Å². The maximum absolute atomic E-state index is 11.8. The molecule has 1 saturated heterocycles. The average molecular weight is 198 g/mol. The molecule has 1 heterocycles. The van der Waals surface area contributed by atoms with Crippen molar-refractivity contribution in [3.8, 4) is 0 Å². The van der Waals surface area contributed by atoms with Gasteiger partial charge in [-0.3, -0.25) is 0 Å². The van der Waals surface area contributed by atoms with Crippen LogP contribution in [0.5, 0.6) is 0 Å². The standard InChI is InChI=1S/C9H10O3S/c1-9(7-12-9)13(10,11)8-5-3-2-4-6-8/h2-6H,7H2,1H3/t9-/m1/s1. The van der Waals surface area contributed by atoms with E-state index in [9.17, 15) is 8.42 Å². The number of ether oxygens (including phenoxy) is 1. The normalized spacial score (nSPS) is 27.2. The number of benzene rings is 1. The zero-order chi connectivity index (χ0) is 9.53. The van der Waals surface area contributed by atoms with Crippen LogP contribution in [-0.4, -0.2) is 20.0 Å². The van der Waals surface area contributed by atoms with Crippen molar-refractivity contribution in [1.29, 1.82) is 0 Å². The van der Waals surface area contributed by atoms with Crippen LogP contribution < -0.4 is 0 Å². The van der Waals surface area contributed by atoms with Crippen molar-refractivity contribution in [3.05, 3.63) is 30.3 Å². The maximum atomic E-state index is 11.8. The van der Waals surface area contributed by atoms with E-state index in [-0.39, 0.29) is 0 Å². The molecule has 3 nitrogen and oxygen atoms in total. The van der Waals surface area contributed by atoms with Gasteiger partial charge in [0, 0.05) is 0 Å². The molecule has 0 bridgehead atoms. The summed E-state index contributed by atoms with van der Waals surface area (Å²) in [5.41, 5.74) is 0. The Hall–Kier alpha value is -0.870. The molecule has 1 aliphatic heterocycles. The topological polar surface area (TPSA) is 46.7 Å². The first-order valence-corrected chi connectivity index (χ1v) is 5.48. The first-order valence-electron chi connectivity index (χ1n) is 4.00. The van der Waals surface area contributed by atoms with E-state index in [1.807, 2.05) is 0 Å². The Morgan fingerprint density at radius 3 is 2.31 bits per heavy atom. The van der Waals surface area contributed by atoms with Crippen molar-refractivity contribution in [2.75, 3.05) is 6.61 Å². The molecule has 1 atom stereocenters. The molecule has 1 aliphatic rings. The van der Waals surface area contributed by atoms with E-state index < -0.39 is 14.8 Å². The predicted octanol–water partition coefficient (Wildman–Crippen LogP) is 1.21. The second-order valence-corrected chi connectivity index (χ2v) is 5.58. The highest BCUT2D eigenvalue weighted by molar-refractivity contribution is 7.93. The van der Waals surface area contributed by atoms with Crippen molar-refractivity contribution < 1.29 is 13.2 Å². The summed E-state index contributed by atoms with van der Waals surface area (Å²) in [6.07, 6.45) is 0. The highest BCUT2D eigenvalue weighted by Crippen LogP contribution is 2.37. The smallest absolute Gasteiger partial charge is 0.210 e. The summed E-state index contributed by atoms with van der Waals surface area (Å²) in [4.78, 5) is -0.649. The molecule has 0 spiro atoms. The summed E-state index contributed by atoms with van der Waals surface area (Å²) >= 11 is 0. The number of hydrogen-bond acceptors (Lipinski definition) is 3. The van der Waals surface area contributed by atoms with Crippen LogP contribution in [0.3, 0.4) is 0 Å². The van der Waals surface area contributed by atoms with Crippen molar-refractivity contribution in [2.24, 2.45) is 0 Å². The fourth-order valence-electron chi connectivity index (χ4n) is 1.11. The van der Waals surface area contributed by atoms with E-state index >= 15 is 0 Å². The van der Waals surface area contributed by atoms with Gasteiger partial charge < -0.3 is 4.74 Å². The van der Waals surface area contributed by atoms with Crippen LogP contribution >= 0.6 is 0 Å². The van der Waals surface area contributed by atoms with Crippen molar-refractivity contribution in [3.63, 3.8) is 0 Å². The third kappa shape index (κ3) is 1.26. The van der Waals surface area contributed by atoms with Crippen LogP contribution in [0, 0.1) is 0 Å². The summed E-state index contributed by atoms with van der Waals surface area (Å²) in [6, 6.07) is 8.37. The van der Waals surface area contributed by atoms with Gasteiger partial charge in [0.15, 0.2) is 4.93 Å². The van der Waals surface area contributed by atoms with Gasteiger partial charge in [0.05, 0.1) is 11.5 Å². The van der Waals surface area contributed by atoms with Crippen LogP contribution in [-0.2, 0) is 14.6 Å². The number of sulfone groups is 1. The van der Waals surface area contributed by atoms with E-state index in [1.54, 1.807) is 37.3 Å². The summed E-state index contributed by atoms with van der Waals surface area (Å²) in [7, 11) is -3.29. The second-order valence-electron chi connectivity index (χ2n) is 3.24. The summed E-state index contributed by atoms with van der Waals surface area (Å²) in [5, 5.41) is 0. The van der Waals surface area contributed by atoms with Gasteiger partial charge in [-0.1, -0.05) is 18.2 Å². The van der Waals surface area contributed by atoms with Crippen LogP contribution in [0.4, 0.5) is 0 Å². The SMILES string of the molecule is C[C@@]1(S(=O)(=O)c2ccccc2)CO1. The minimum atomic E-state index is -3.29. The lowest BCUT2D eigenvalue weighted by atomic mass is 10.4. The Balaban J connectivity index is 2.48. The fraction of sp³-hybridized carbons (Fsp3) is 0.333. The van der Waals surface area contributed by atoms with Gasteiger partial charge >= 0.3 is 0 Å². The molecular formula is C9H10O3S. The largest absolute Gasteiger partial charge is 0.352 e. The van der Waals surface area contributed by atoms with Gasteiger partial charge in [-0.15, -0.1) is 0 Å². The molecule has 0 N–H and O–H groups in total. The van der Waals surface area contributed by atoms with Gasteiger partial charge in [0.25, 0.3) is 0 Å². The Morgan fingerprint density at radius 1 is 1.31 bits per heavy atom. The Labute approximate surface area is 77.3 Å². The number of hydrogen-bond donors (Lipinski definition) is 0. The third-order valence-electron chi connectivity index (χ3n) is 2.17. The highest BCUT2D eigenvalue weighted by Gasteiger charge is 2.52. The molecular weight excluding hydrogens is 188 g/mol. The number of rotatable bonds is 2. The maximum Gasteiger partial charge on any atom is 0.210 e. The molecule has 70 valence electrons. The summed E-state index contributed by atoms with van der Waals surface area (Å²) in [5.74, 6) is 0. The van der Waals surface area contributed by atoms with Gasteiger partial charge in [-0.2, -0.15) is 0 Å². The molecule has 0 radical (unpaired) electrons. The Kier molecular flexibility index (Phi) is 1.72. The van der Waals surface area contributed by atoms with Gasteiger partial charge in [-0.25, -0.2) is 8.42 Å². The predicted molar refractivity (Wildman–Crippen MR) is 48.0 cm³/mol.